The Morgan fingerprint density at radius 1 is 1.19 bits per heavy atom. The maximum absolute atomic E-state index is 14.6. The van der Waals surface area contributed by atoms with Crippen molar-refractivity contribution in [1.82, 2.24) is 0 Å². The Kier molecular flexibility index (Phi) is 8.37. The van der Waals surface area contributed by atoms with Crippen LogP contribution in [0.2, 0.25) is 0 Å². The molecule has 0 fully saturated rings. The van der Waals surface area contributed by atoms with E-state index in [0.717, 1.165) is 27.9 Å². The van der Waals surface area contributed by atoms with Gasteiger partial charge in [0.1, 0.15) is 5.82 Å². The van der Waals surface area contributed by atoms with Crippen LogP contribution in [0.15, 0.2) is 52.2 Å². The number of ketones is 1. The predicted molar refractivity (Wildman–Crippen MR) is 110 cm³/mol. The molecule has 0 saturated carbocycles. The lowest BCUT2D eigenvalue weighted by molar-refractivity contribution is -0.115. The summed E-state index contributed by atoms with van der Waals surface area (Å²) in [5.41, 5.74) is 5.03. The predicted octanol–water partition coefficient (Wildman–Crippen LogP) is 6.64. The first-order chi connectivity index (χ1) is 12.2. The molecule has 1 aromatic carbocycles. The van der Waals surface area contributed by atoms with Gasteiger partial charge in [-0.05, 0) is 70.2 Å². The molecule has 0 amide bonds. The van der Waals surface area contributed by atoms with Gasteiger partial charge in [0.2, 0.25) is 0 Å². The van der Waals surface area contributed by atoms with Crippen LogP contribution in [-0.2, 0) is 4.79 Å². The molecule has 0 aliphatic carbocycles. The zero-order valence-electron chi connectivity index (χ0n) is 17.0. The highest BCUT2D eigenvalue weighted by Crippen LogP contribution is 2.31. The van der Waals surface area contributed by atoms with Gasteiger partial charge in [0.05, 0.1) is 0 Å². The van der Waals surface area contributed by atoms with E-state index in [1.807, 2.05) is 60.6 Å². The van der Waals surface area contributed by atoms with Crippen molar-refractivity contribution in [3.63, 3.8) is 0 Å². The molecule has 0 aliphatic rings. The molecule has 0 N–H and O–H groups in total. The molecule has 0 aliphatic heterocycles. The Bertz CT molecular complexity index is 773. The molecular weight excluding hydrogens is 325 g/mol. The van der Waals surface area contributed by atoms with Crippen molar-refractivity contribution in [2.45, 2.75) is 60.8 Å². The quantitative estimate of drug-likeness (QED) is 0.306. The van der Waals surface area contributed by atoms with E-state index in [9.17, 15) is 9.18 Å². The van der Waals surface area contributed by atoms with E-state index >= 15 is 0 Å². The lowest BCUT2D eigenvalue weighted by atomic mass is 9.86. The number of hydrogen-bond acceptors (Lipinski definition) is 2. The highest BCUT2D eigenvalue weighted by atomic mass is 19.1. The molecule has 0 aromatic heterocycles. The monoisotopic (exact) mass is 355 g/mol. The first-order valence-electron chi connectivity index (χ1n) is 8.97. The number of Topliss-reactive ketones (excluding diaryl/α,β-unsaturated/α-hetero) is 1. The Morgan fingerprint density at radius 2 is 1.85 bits per heavy atom. The molecule has 0 heterocycles. The van der Waals surface area contributed by atoms with Gasteiger partial charge in [0.25, 0.3) is 0 Å². The van der Waals surface area contributed by atoms with Crippen LogP contribution >= 0.6 is 0 Å². The number of allylic oxidation sites excluding steroid dienone is 5. The minimum atomic E-state index is -0.281. The molecule has 0 spiro atoms. The van der Waals surface area contributed by atoms with E-state index in [1.165, 1.54) is 6.07 Å². The van der Waals surface area contributed by atoms with Gasteiger partial charge < -0.3 is 0 Å². The zero-order chi connectivity index (χ0) is 19.9. The smallest absolute Gasteiger partial charge is 0.163 e. The average molecular weight is 355 g/mol. The fourth-order valence-corrected chi connectivity index (χ4v) is 2.92. The summed E-state index contributed by atoms with van der Waals surface area (Å²) in [6, 6.07) is 5.03. The highest BCUT2D eigenvalue weighted by molar-refractivity contribution is 5.99. The summed E-state index contributed by atoms with van der Waals surface area (Å²) in [6.45, 7) is 13.4. The number of aliphatic imine (C=N–C) groups is 1. The summed E-state index contributed by atoms with van der Waals surface area (Å²) in [7, 11) is 0. The summed E-state index contributed by atoms with van der Waals surface area (Å²) >= 11 is 0. The summed E-state index contributed by atoms with van der Waals surface area (Å²) in [5, 5.41) is 0. The van der Waals surface area contributed by atoms with E-state index in [-0.39, 0.29) is 23.9 Å². The van der Waals surface area contributed by atoms with E-state index in [2.05, 4.69) is 4.99 Å². The lowest BCUT2D eigenvalue weighted by Gasteiger charge is -2.18. The minimum absolute atomic E-state index is 0.0427. The third kappa shape index (κ3) is 5.91. The van der Waals surface area contributed by atoms with E-state index in [4.69, 9.17) is 0 Å². The van der Waals surface area contributed by atoms with Crippen LogP contribution in [0.5, 0.6) is 0 Å². The molecule has 2 nitrogen and oxygen atoms in total. The highest BCUT2D eigenvalue weighted by Gasteiger charge is 2.21. The molecular formula is C23H30FNO. The summed E-state index contributed by atoms with van der Waals surface area (Å²) in [6.07, 6.45) is 5.59. The lowest BCUT2D eigenvalue weighted by Crippen LogP contribution is -2.10. The van der Waals surface area contributed by atoms with E-state index in [1.54, 1.807) is 18.5 Å². The number of hydrogen-bond donors (Lipinski definition) is 0. The average Bonchev–Trinajstić information content (AvgIpc) is 2.56. The zero-order valence-corrected chi connectivity index (χ0v) is 17.0. The second-order valence-electron chi connectivity index (χ2n) is 7.08. The van der Waals surface area contributed by atoms with Gasteiger partial charge >= 0.3 is 0 Å². The second kappa shape index (κ2) is 10.0. The van der Waals surface area contributed by atoms with Crippen LogP contribution in [-0.4, -0.2) is 12.0 Å². The largest absolute Gasteiger partial charge is 0.294 e. The van der Waals surface area contributed by atoms with Gasteiger partial charge in [0.15, 0.2) is 5.78 Å². The molecule has 1 unspecified atom stereocenters. The first kappa shape index (κ1) is 21.8. The summed E-state index contributed by atoms with van der Waals surface area (Å²) in [5.74, 6) is -0.467. The standard InChI is InChI=1S/C23H30FNO/c1-8-25-14-18(7)19-10-9-11-21(24)23(19)17(6)13-22(26)20(16(4)5)12-15(2)3/h8-12,14,17H,13H2,1-7H3/b18-14+,25-8?. The van der Waals surface area contributed by atoms with Gasteiger partial charge in [-0.15, -0.1) is 0 Å². The van der Waals surface area contributed by atoms with Crippen LogP contribution in [0.25, 0.3) is 5.57 Å². The SMILES string of the molecule is CC=N/C=C(\C)c1cccc(F)c1C(C)CC(=O)C(C=C(C)C)=C(C)C. The molecule has 0 bridgehead atoms. The Balaban J connectivity index is 3.26. The van der Waals surface area contributed by atoms with E-state index in [0.29, 0.717) is 5.56 Å². The van der Waals surface area contributed by atoms with Crippen LogP contribution in [0, 0.1) is 5.82 Å². The molecule has 1 atom stereocenters. The summed E-state index contributed by atoms with van der Waals surface area (Å²) in [4.78, 5) is 16.9. The fraction of sp³-hybridized carbons (Fsp3) is 0.391. The topological polar surface area (TPSA) is 29.4 Å². The van der Waals surface area contributed by atoms with Crippen LogP contribution < -0.4 is 0 Å². The molecule has 1 rings (SSSR count). The third-order valence-electron chi connectivity index (χ3n) is 4.15. The van der Waals surface area contributed by atoms with Crippen molar-refractivity contribution in [3.8, 4) is 0 Å². The van der Waals surface area contributed by atoms with E-state index < -0.39 is 0 Å². The molecule has 0 radical (unpaired) electrons. The van der Waals surface area contributed by atoms with Crippen molar-refractivity contribution in [2.24, 2.45) is 4.99 Å². The number of nitrogens with zero attached hydrogens (tertiary/aromatic N) is 1. The van der Waals surface area contributed by atoms with Gasteiger partial charge in [-0.1, -0.05) is 36.3 Å². The van der Waals surface area contributed by atoms with Crippen molar-refractivity contribution in [3.05, 3.63) is 64.1 Å². The van der Waals surface area contributed by atoms with Gasteiger partial charge in [-0.3, -0.25) is 9.79 Å². The maximum atomic E-state index is 14.6. The van der Waals surface area contributed by atoms with Crippen molar-refractivity contribution in [2.75, 3.05) is 0 Å². The Morgan fingerprint density at radius 3 is 2.38 bits per heavy atom. The molecule has 3 heteroatoms. The molecule has 1 aromatic rings. The third-order valence-corrected chi connectivity index (χ3v) is 4.15. The first-order valence-corrected chi connectivity index (χ1v) is 8.97. The van der Waals surface area contributed by atoms with Gasteiger partial charge in [0, 0.05) is 24.4 Å². The van der Waals surface area contributed by atoms with Crippen molar-refractivity contribution in [1.29, 1.82) is 0 Å². The number of carbonyl (C=O) groups excluding carboxylic acids is 1. The normalized spacial score (nSPS) is 12.8. The van der Waals surface area contributed by atoms with Crippen LogP contribution in [0.3, 0.4) is 0 Å². The maximum Gasteiger partial charge on any atom is 0.163 e. The van der Waals surface area contributed by atoms with Crippen LogP contribution in [0.1, 0.15) is 71.9 Å². The van der Waals surface area contributed by atoms with Crippen molar-refractivity contribution >= 4 is 17.6 Å². The number of halogens is 1. The number of carbonyl (C=O) groups is 1. The van der Waals surface area contributed by atoms with Gasteiger partial charge in [-0.2, -0.15) is 0 Å². The Hall–Kier alpha value is -2.29. The molecule has 0 saturated heterocycles. The number of rotatable bonds is 7. The minimum Gasteiger partial charge on any atom is -0.294 e. The second-order valence-corrected chi connectivity index (χ2v) is 7.08. The van der Waals surface area contributed by atoms with Crippen LogP contribution in [0.4, 0.5) is 4.39 Å². The number of benzene rings is 1. The molecule has 140 valence electrons. The fourth-order valence-electron chi connectivity index (χ4n) is 2.92. The summed E-state index contributed by atoms with van der Waals surface area (Å²) < 4.78 is 14.6. The Labute approximate surface area is 157 Å². The van der Waals surface area contributed by atoms with Gasteiger partial charge in [-0.25, -0.2) is 4.39 Å². The van der Waals surface area contributed by atoms with Crippen molar-refractivity contribution < 1.29 is 9.18 Å². The molecule has 26 heavy (non-hydrogen) atoms.